The fourth-order valence-electron chi connectivity index (χ4n) is 2.56. The van der Waals surface area contributed by atoms with Gasteiger partial charge < -0.3 is 10.4 Å². The minimum Gasteiger partial charge on any atom is -0.481 e. The van der Waals surface area contributed by atoms with Crippen LogP contribution in [0.25, 0.3) is 10.9 Å². The number of nitrogens with zero attached hydrogens (tertiary/aromatic N) is 2. The molecule has 0 radical (unpaired) electrons. The third kappa shape index (κ3) is 2.84. The molecule has 0 amide bonds. The number of carboxylic acids is 1. The molecule has 2 aromatic heterocycles. The first-order chi connectivity index (χ1) is 10.1. The third-order valence-electron chi connectivity index (χ3n) is 3.68. The Morgan fingerprint density at radius 3 is 3.05 bits per heavy atom. The maximum atomic E-state index is 12.0. The zero-order valence-corrected chi connectivity index (χ0v) is 11.4. The molecule has 1 unspecified atom stereocenters. The molecular weight excluding hydrogens is 270 g/mol. The van der Waals surface area contributed by atoms with Crippen LogP contribution in [-0.2, 0) is 16.0 Å². The van der Waals surface area contributed by atoms with Crippen LogP contribution in [0.15, 0.2) is 24.5 Å². The summed E-state index contributed by atoms with van der Waals surface area (Å²) in [7, 11) is 0. The number of fused-ring (bicyclic) bond motifs is 2. The summed E-state index contributed by atoms with van der Waals surface area (Å²) in [6, 6.07) is 3.52. The lowest BCUT2D eigenvalue weighted by Crippen LogP contribution is -2.34. The van der Waals surface area contributed by atoms with Gasteiger partial charge in [0.25, 0.3) is 0 Å². The van der Waals surface area contributed by atoms with Crippen molar-refractivity contribution in [3.8, 4) is 0 Å². The highest BCUT2D eigenvalue weighted by Crippen LogP contribution is 2.27. The monoisotopic (exact) mass is 285 g/mol. The van der Waals surface area contributed by atoms with Gasteiger partial charge in [-0.05, 0) is 30.5 Å². The fourth-order valence-corrected chi connectivity index (χ4v) is 2.56. The summed E-state index contributed by atoms with van der Waals surface area (Å²) >= 11 is 0. The number of nitrogens with one attached hydrogen (secondary N) is 1. The van der Waals surface area contributed by atoms with E-state index in [1.54, 1.807) is 12.4 Å². The molecule has 2 aromatic rings. The van der Waals surface area contributed by atoms with Crippen molar-refractivity contribution >= 4 is 28.5 Å². The van der Waals surface area contributed by atoms with Crippen LogP contribution in [0.1, 0.15) is 24.8 Å². The number of carbonyl (C=O) groups excluding carboxylic acids is 1. The molecule has 1 atom stereocenters. The zero-order valence-electron chi connectivity index (χ0n) is 11.4. The molecule has 0 saturated heterocycles. The Bertz CT molecular complexity index is 714. The van der Waals surface area contributed by atoms with Gasteiger partial charge in [-0.25, -0.2) is 4.98 Å². The number of Topliss-reactive ketones (excluding diaryl/α,β-unsaturated/α-hetero) is 1. The largest absolute Gasteiger partial charge is 0.481 e. The highest BCUT2D eigenvalue weighted by Gasteiger charge is 2.25. The molecule has 6 heteroatoms. The Labute approximate surface area is 121 Å². The number of hydrogen-bond acceptors (Lipinski definition) is 5. The molecular formula is C15H15N3O3. The van der Waals surface area contributed by atoms with Crippen molar-refractivity contribution < 1.29 is 14.7 Å². The lowest BCUT2D eigenvalue weighted by atomic mass is 9.95. The number of aryl methyl sites for hydroxylation is 1. The SMILES string of the molecule is O=C(O)CCC(=O)C1CCc2cc3cnccc3nc2N1. The summed E-state index contributed by atoms with van der Waals surface area (Å²) in [5.41, 5.74) is 1.90. The third-order valence-corrected chi connectivity index (χ3v) is 3.68. The second-order valence-corrected chi connectivity index (χ2v) is 5.16. The number of hydrogen-bond donors (Lipinski definition) is 2. The van der Waals surface area contributed by atoms with Gasteiger partial charge in [0.2, 0.25) is 0 Å². The van der Waals surface area contributed by atoms with Gasteiger partial charge in [0.05, 0.1) is 18.0 Å². The van der Waals surface area contributed by atoms with Crippen molar-refractivity contribution in [2.24, 2.45) is 0 Å². The van der Waals surface area contributed by atoms with E-state index in [1.807, 2.05) is 12.1 Å². The fraction of sp³-hybridized carbons (Fsp3) is 0.333. The molecule has 2 N–H and O–H groups in total. The number of carbonyl (C=O) groups is 2. The van der Waals surface area contributed by atoms with Gasteiger partial charge in [0.1, 0.15) is 5.82 Å². The quantitative estimate of drug-likeness (QED) is 0.889. The zero-order chi connectivity index (χ0) is 14.8. The van der Waals surface area contributed by atoms with Crippen LogP contribution in [0, 0.1) is 0 Å². The van der Waals surface area contributed by atoms with Gasteiger partial charge in [-0.2, -0.15) is 0 Å². The second-order valence-electron chi connectivity index (χ2n) is 5.16. The van der Waals surface area contributed by atoms with Crippen LogP contribution in [0.4, 0.5) is 5.82 Å². The van der Waals surface area contributed by atoms with Crippen LogP contribution in [0.2, 0.25) is 0 Å². The van der Waals surface area contributed by atoms with E-state index < -0.39 is 5.97 Å². The molecule has 0 saturated carbocycles. The highest BCUT2D eigenvalue weighted by molar-refractivity contribution is 5.90. The van der Waals surface area contributed by atoms with Crippen LogP contribution in [0.5, 0.6) is 0 Å². The summed E-state index contributed by atoms with van der Waals surface area (Å²) < 4.78 is 0. The Morgan fingerprint density at radius 1 is 1.38 bits per heavy atom. The van der Waals surface area contributed by atoms with Crippen molar-refractivity contribution in [2.45, 2.75) is 31.7 Å². The van der Waals surface area contributed by atoms with Crippen molar-refractivity contribution in [3.05, 3.63) is 30.1 Å². The minimum atomic E-state index is -0.948. The maximum Gasteiger partial charge on any atom is 0.303 e. The molecule has 21 heavy (non-hydrogen) atoms. The Kier molecular flexibility index (Phi) is 3.51. The molecule has 0 aromatic carbocycles. The highest BCUT2D eigenvalue weighted by atomic mass is 16.4. The first kappa shape index (κ1) is 13.5. The number of ketones is 1. The molecule has 108 valence electrons. The lowest BCUT2D eigenvalue weighted by Gasteiger charge is -2.25. The van der Waals surface area contributed by atoms with E-state index in [1.165, 1.54) is 0 Å². The summed E-state index contributed by atoms with van der Waals surface area (Å²) in [6.45, 7) is 0. The number of carboxylic acid groups (broad SMARTS) is 1. The van der Waals surface area contributed by atoms with E-state index in [0.717, 1.165) is 22.9 Å². The second kappa shape index (κ2) is 5.47. The Balaban J connectivity index is 1.80. The van der Waals surface area contributed by atoms with E-state index in [0.29, 0.717) is 12.2 Å². The topological polar surface area (TPSA) is 92.2 Å². The number of aromatic nitrogens is 2. The normalized spacial score (nSPS) is 17.0. The molecule has 0 fully saturated rings. The summed E-state index contributed by atoms with van der Waals surface area (Å²) in [6.07, 6.45) is 4.80. The number of rotatable bonds is 4. The van der Waals surface area contributed by atoms with Crippen LogP contribution >= 0.6 is 0 Å². The number of anilines is 1. The van der Waals surface area contributed by atoms with E-state index in [4.69, 9.17) is 5.11 Å². The predicted octanol–water partition coefficient (Wildman–Crippen LogP) is 1.79. The van der Waals surface area contributed by atoms with Gasteiger partial charge >= 0.3 is 5.97 Å². The summed E-state index contributed by atoms with van der Waals surface area (Å²) in [5, 5.41) is 12.8. The summed E-state index contributed by atoms with van der Waals surface area (Å²) in [4.78, 5) is 31.2. The van der Waals surface area contributed by atoms with Crippen LogP contribution in [0.3, 0.4) is 0 Å². The standard InChI is InChI=1S/C15H15N3O3/c19-13(3-4-14(20)21)12-2-1-9-7-10-8-16-6-5-11(10)17-15(9)18-12/h5-8,12H,1-4H2,(H,17,18)(H,20,21). The van der Waals surface area contributed by atoms with E-state index in [-0.39, 0.29) is 24.7 Å². The average molecular weight is 285 g/mol. The average Bonchev–Trinajstić information content (AvgIpc) is 2.50. The van der Waals surface area contributed by atoms with Gasteiger partial charge in [0.15, 0.2) is 5.78 Å². The molecule has 0 spiro atoms. The van der Waals surface area contributed by atoms with E-state index in [2.05, 4.69) is 15.3 Å². The lowest BCUT2D eigenvalue weighted by molar-refractivity contribution is -0.138. The molecule has 3 heterocycles. The van der Waals surface area contributed by atoms with E-state index >= 15 is 0 Å². The number of pyridine rings is 2. The minimum absolute atomic E-state index is 0.0554. The van der Waals surface area contributed by atoms with Crippen molar-refractivity contribution in [3.63, 3.8) is 0 Å². The summed E-state index contributed by atoms with van der Waals surface area (Å²) in [5.74, 6) is -0.301. The molecule has 1 aliphatic rings. The van der Waals surface area contributed by atoms with Crippen molar-refractivity contribution in [1.29, 1.82) is 0 Å². The van der Waals surface area contributed by atoms with Crippen molar-refractivity contribution in [1.82, 2.24) is 9.97 Å². The van der Waals surface area contributed by atoms with Gasteiger partial charge in [0, 0.05) is 24.2 Å². The first-order valence-electron chi connectivity index (χ1n) is 6.88. The molecule has 6 nitrogen and oxygen atoms in total. The van der Waals surface area contributed by atoms with Gasteiger partial charge in [-0.1, -0.05) is 0 Å². The Morgan fingerprint density at radius 2 is 2.24 bits per heavy atom. The smallest absolute Gasteiger partial charge is 0.303 e. The Hall–Kier alpha value is -2.50. The predicted molar refractivity (Wildman–Crippen MR) is 77.1 cm³/mol. The van der Waals surface area contributed by atoms with Crippen LogP contribution in [-0.4, -0.2) is 32.9 Å². The number of aliphatic carboxylic acids is 1. The molecule has 1 aliphatic heterocycles. The van der Waals surface area contributed by atoms with Gasteiger partial charge in [-0.3, -0.25) is 14.6 Å². The van der Waals surface area contributed by atoms with E-state index in [9.17, 15) is 9.59 Å². The molecule has 0 bridgehead atoms. The molecule has 0 aliphatic carbocycles. The van der Waals surface area contributed by atoms with Crippen LogP contribution < -0.4 is 5.32 Å². The van der Waals surface area contributed by atoms with Gasteiger partial charge in [-0.15, -0.1) is 0 Å². The van der Waals surface area contributed by atoms with Crippen molar-refractivity contribution in [2.75, 3.05) is 5.32 Å². The maximum absolute atomic E-state index is 12.0. The first-order valence-corrected chi connectivity index (χ1v) is 6.88. The molecule has 3 rings (SSSR count).